The molecule has 0 saturated heterocycles. The second-order valence-corrected chi connectivity index (χ2v) is 5.91. The summed E-state index contributed by atoms with van der Waals surface area (Å²) in [6, 6.07) is 12.2. The van der Waals surface area contributed by atoms with Gasteiger partial charge < -0.3 is 4.57 Å². The van der Waals surface area contributed by atoms with Gasteiger partial charge >= 0.3 is 0 Å². The number of hydrogen-bond acceptors (Lipinski definition) is 2. The smallest absolute Gasteiger partial charge is 0.135 e. The van der Waals surface area contributed by atoms with E-state index < -0.39 is 0 Å². The van der Waals surface area contributed by atoms with Gasteiger partial charge in [0.15, 0.2) is 0 Å². The molecule has 2 aromatic carbocycles. The van der Waals surface area contributed by atoms with Crippen molar-refractivity contribution in [1.82, 2.24) is 9.55 Å². The van der Waals surface area contributed by atoms with E-state index in [-0.39, 0.29) is 5.82 Å². The minimum Gasteiger partial charge on any atom is -0.301 e. The van der Waals surface area contributed by atoms with E-state index in [2.05, 4.69) is 9.98 Å². The lowest BCUT2D eigenvalue weighted by molar-refractivity contribution is 0.625. The molecule has 3 nitrogen and oxygen atoms in total. The maximum atomic E-state index is 14.3. The normalized spacial score (nSPS) is 13.1. The highest BCUT2D eigenvalue weighted by atomic mass is 35.5. The molecule has 4 rings (SSSR count). The van der Waals surface area contributed by atoms with Crippen LogP contribution in [0.3, 0.4) is 0 Å². The quantitative estimate of drug-likeness (QED) is 0.655. The highest BCUT2D eigenvalue weighted by Crippen LogP contribution is 2.28. The standard InChI is InChI=1S/C18H13ClFN3/c1-11-10-23-16-7-6-12(19)8-14(16)18(21-9-17(23)22-11)13-4-2-3-5-15(13)20/h2-8,10H,9H2,1H3. The van der Waals surface area contributed by atoms with Gasteiger partial charge in [-0.15, -0.1) is 0 Å². The lowest BCUT2D eigenvalue weighted by Crippen LogP contribution is -2.08. The van der Waals surface area contributed by atoms with Gasteiger partial charge in [0.05, 0.1) is 23.6 Å². The number of halogens is 2. The van der Waals surface area contributed by atoms with Crippen LogP contribution in [0.2, 0.25) is 5.02 Å². The third-order valence-corrected chi connectivity index (χ3v) is 4.12. The molecule has 114 valence electrons. The van der Waals surface area contributed by atoms with E-state index in [9.17, 15) is 4.39 Å². The molecule has 0 N–H and O–H groups in total. The lowest BCUT2D eigenvalue weighted by atomic mass is 10.00. The molecule has 3 aromatic rings. The van der Waals surface area contributed by atoms with Gasteiger partial charge in [0, 0.05) is 22.3 Å². The topological polar surface area (TPSA) is 30.2 Å². The van der Waals surface area contributed by atoms with Crippen LogP contribution in [0.5, 0.6) is 0 Å². The Hall–Kier alpha value is -2.46. The molecule has 2 heterocycles. The van der Waals surface area contributed by atoms with E-state index >= 15 is 0 Å². The van der Waals surface area contributed by atoms with Crippen molar-refractivity contribution >= 4 is 17.3 Å². The number of fused-ring (bicyclic) bond motifs is 3. The van der Waals surface area contributed by atoms with Crippen LogP contribution in [-0.4, -0.2) is 15.3 Å². The van der Waals surface area contributed by atoms with E-state index in [1.165, 1.54) is 6.07 Å². The van der Waals surface area contributed by atoms with E-state index in [4.69, 9.17) is 11.6 Å². The van der Waals surface area contributed by atoms with E-state index in [0.717, 1.165) is 22.8 Å². The lowest BCUT2D eigenvalue weighted by Gasteiger charge is -2.12. The van der Waals surface area contributed by atoms with Gasteiger partial charge in [-0.05, 0) is 37.3 Å². The summed E-state index contributed by atoms with van der Waals surface area (Å²) in [6.45, 7) is 2.34. The molecule has 0 radical (unpaired) electrons. The van der Waals surface area contributed by atoms with Crippen LogP contribution < -0.4 is 0 Å². The highest BCUT2D eigenvalue weighted by molar-refractivity contribution is 6.31. The van der Waals surface area contributed by atoms with Crippen LogP contribution in [0.1, 0.15) is 22.6 Å². The molecule has 0 amide bonds. The van der Waals surface area contributed by atoms with Gasteiger partial charge in [0.1, 0.15) is 11.6 Å². The predicted octanol–water partition coefficient (Wildman–Crippen LogP) is 4.32. The number of aliphatic imine (C=N–C) groups is 1. The van der Waals surface area contributed by atoms with Gasteiger partial charge in [-0.3, -0.25) is 4.99 Å². The average molecular weight is 326 g/mol. The number of hydrogen-bond donors (Lipinski definition) is 0. The zero-order valence-electron chi connectivity index (χ0n) is 12.4. The van der Waals surface area contributed by atoms with Crippen molar-refractivity contribution in [2.24, 2.45) is 4.99 Å². The molecule has 1 aliphatic rings. The Labute approximate surface area is 138 Å². The molecule has 0 bridgehead atoms. The monoisotopic (exact) mass is 325 g/mol. The Balaban J connectivity index is 2.01. The molecule has 0 atom stereocenters. The molecule has 23 heavy (non-hydrogen) atoms. The predicted molar refractivity (Wildman–Crippen MR) is 89.1 cm³/mol. The number of benzene rings is 2. The Morgan fingerprint density at radius 2 is 1.96 bits per heavy atom. The zero-order chi connectivity index (χ0) is 16.0. The van der Waals surface area contributed by atoms with Crippen molar-refractivity contribution in [1.29, 1.82) is 0 Å². The maximum Gasteiger partial charge on any atom is 0.135 e. The fraction of sp³-hybridized carbons (Fsp3) is 0.111. The first-order valence-corrected chi connectivity index (χ1v) is 7.66. The van der Waals surface area contributed by atoms with Crippen LogP contribution in [0.4, 0.5) is 4.39 Å². The van der Waals surface area contributed by atoms with Crippen molar-refractivity contribution in [3.63, 3.8) is 0 Å². The van der Waals surface area contributed by atoms with E-state index in [1.54, 1.807) is 18.2 Å². The van der Waals surface area contributed by atoms with Crippen molar-refractivity contribution < 1.29 is 4.39 Å². The van der Waals surface area contributed by atoms with Gasteiger partial charge in [0.2, 0.25) is 0 Å². The molecule has 0 saturated carbocycles. The minimum absolute atomic E-state index is 0.298. The first kappa shape index (κ1) is 14.2. The van der Waals surface area contributed by atoms with Crippen LogP contribution >= 0.6 is 11.6 Å². The van der Waals surface area contributed by atoms with Crippen molar-refractivity contribution in [3.8, 4) is 5.69 Å². The SMILES string of the molecule is Cc1cn2c(n1)CN=C(c1ccccc1F)c1cc(Cl)ccc1-2. The fourth-order valence-electron chi connectivity index (χ4n) is 2.89. The van der Waals surface area contributed by atoms with Crippen LogP contribution in [-0.2, 0) is 6.54 Å². The summed E-state index contributed by atoms with van der Waals surface area (Å²) in [7, 11) is 0. The van der Waals surface area contributed by atoms with Crippen LogP contribution in [0, 0.1) is 12.7 Å². The van der Waals surface area contributed by atoms with Crippen molar-refractivity contribution in [2.75, 3.05) is 0 Å². The third kappa shape index (κ3) is 2.35. The molecular formula is C18H13ClFN3. The largest absolute Gasteiger partial charge is 0.301 e. The van der Waals surface area contributed by atoms with E-state index in [0.29, 0.717) is 22.8 Å². The molecule has 1 aromatic heterocycles. The highest BCUT2D eigenvalue weighted by Gasteiger charge is 2.21. The molecule has 1 aliphatic heterocycles. The Bertz CT molecular complexity index is 943. The zero-order valence-corrected chi connectivity index (χ0v) is 13.2. The van der Waals surface area contributed by atoms with Gasteiger partial charge in [0.25, 0.3) is 0 Å². The molecule has 0 unspecified atom stereocenters. The number of rotatable bonds is 1. The summed E-state index contributed by atoms with van der Waals surface area (Å²) in [5.74, 6) is 0.533. The number of aromatic nitrogens is 2. The Kier molecular flexibility index (Phi) is 3.27. The number of aryl methyl sites for hydroxylation is 1. The summed E-state index contributed by atoms with van der Waals surface area (Å²) in [5.41, 5.74) is 3.70. The molecule has 5 heteroatoms. The molecule has 0 fully saturated rings. The summed E-state index contributed by atoms with van der Waals surface area (Å²) in [4.78, 5) is 9.14. The van der Waals surface area contributed by atoms with Crippen molar-refractivity contribution in [2.45, 2.75) is 13.5 Å². The van der Waals surface area contributed by atoms with Gasteiger partial charge in [-0.25, -0.2) is 9.37 Å². The number of nitrogens with zero attached hydrogens (tertiary/aromatic N) is 3. The van der Waals surface area contributed by atoms with Gasteiger partial charge in [-0.2, -0.15) is 0 Å². The van der Waals surface area contributed by atoms with Crippen LogP contribution in [0.15, 0.2) is 53.7 Å². The number of imidazole rings is 1. The van der Waals surface area contributed by atoms with Crippen LogP contribution in [0.25, 0.3) is 5.69 Å². The summed E-state index contributed by atoms with van der Waals surface area (Å²) < 4.78 is 16.3. The van der Waals surface area contributed by atoms with E-state index in [1.807, 2.05) is 35.9 Å². The Morgan fingerprint density at radius 1 is 1.13 bits per heavy atom. The third-order valence-electron chi connectivity index (χ3n) is 3.88. The summed E-state index contributed by atoms with van der Waals surface area (Å²) in [5, 5.41) is 0.591. The minimum atomic E-state index is -0.298. The maximum absolute atomic E-state index is 14.3. The first-order valence-electron chi connectivity index (χ1n) is 7.28. The summed E-state index contributed by atoms with van der Waals surface area (Å²) >= 11 is 6.18. The molecule has 0 spiro atoms. The average Bonchev–Trinajstić information content (AvgIpc) is 2.83. The second kappa shape index (κ2) is 5.32. The second-order valence-electron chi connectivity index (χ2n) is 5.47. The summed E-state index contributed by atoms with van der Waals surface area (Å²) in [6.07, 6.45) is 1.96. The van der Waals surface area contributed by atoms with Crippen molar-refractivity contribution in [3.05, 3.63) is 82.1 Å². The fourth-order valence-corrected chi connectivity index (χ4v) is 3.07. The molecule has 0 aliphatic carbocycles. The Morgan fingerprint density at radius 3 is 2.78 bits per heavy atom. The first-order chi connectivity index (χ1) is 11.1. The molecular weight excluding hydrogens is 313 g/mol. The van der Waals surface area contributed by atoms with Gasteiger partial charge in [-0.1, -0.05) is 23.7 Å².